The van der Waals surface area contributed by atoms with E-state index >= 15 is 0 Å². The lowest BCUT2D eigenvalue weighted by molar-refractivity contribution is -0.386. The first kappa shape index (κ1) is 17.1. The van der Waals surface area contributed by atoms with Gasteiger partial charge in [-0.05, 0) is 31.5 Å². The summed E-state index contributed by atoms with van der Waals surface area (Å²) in [6.07, 6.45) is 0.810. The van der Waals surface area contributed by atoms with Crippen molar-refractivity contribution >= 4 is 11.6 Å². The SMILES string of the molecule is CNCCCNC(=O)c1ccc(C(C)(C)C)c([N+](=O)[O-])c1. The van der Waals surface area contributed by atoms with E-state index in [-0.39, 0.29) is 17.0 Å². The first-order valence-corrected chi connectivity index (χ1v) is 6.99. The smallest absolute Gasteiger partial charge is 0.273 e. The second-order valence-corrected chi connectivity index (χ2v) is 5.95. The molecule has 1 rings (SSSR count). The molecule has 2 N–H and O–H groups in total. The zero-order valence-corrected chi connectivity index (χ0v) is 13.0. The molecule has 0 spiro atoms. The standard InChI is InChI=1S/C15H23N3O3/c1-15(2,3)12-7-6-11(10-13(12)18(20)21)14(19)17-9-5-8-16-4/h6-7,10,16H,5,8-9H2,1-4H3,(H,17,19). The lowest BCUT2D eigenvalue weighted by atomic mass is 9.85. The Morgan fingerprint density at radius 1 is 1.29 bits per heavy atom. The van der Waals surface area contributed by atoms with E-state index in [0.29, 0.717) is 17.7 Å². The summed E-state index contributed by atoms with van der Waals surface area (Å²) >= 11 is 0. The minimum atomic E-state index is -0.432. The molecule has 1 aromatic carbocycles. The fourth-order valence-electron chi connectivity index (χ4n) is 2.03. The maximum absolute atomic E-state index is 12.0. The lowest BCUT2D eigenvalue weighted by Gasteiger charge is -2.19. The molecule has 6 heteroatoms. The van der Waals surface area contributed by atoms with Gasteiger partial charge in [0.05, 0.1) is 4.92 Å². The van der Waals surface area contributed by atoms with E-state index in [2.05, 4.69) is 10.6 Å². The van der Waals surface area contributed by atoms with Crippen LogP contribution in [0.3, 0.4) is 0 Å². The number of amides is 1. The topological polar surface area (TPSA) is 84.3 Å². The zero-order valence-electron chi connectivity index (χ0n) is 13.0. The highest BCUT2D eigenvalue weighted by Crippen LogP contribution is 2.31. The molecular formula is C15H23N3O3. The average Bonchev–Trinajstić information content (AvgIpc) is 2.41. The van der Waals surface area contributed by atoms with Crippen molar-refractivity contribution in [3.05, 3.63) is 39.4 Å². The summed E-state index contributed by atoms with van der Waals surface area (Å²) in [5.74, 6) is -0.283. The van der Waals surface area contributed by atoms with Gasteiger partial charge in [-0.2, -0.15) is 0 Å². The van der Waals surface area contributed by atoms with Crippen LogP contribution in [-0.4, -0.2) is 31.0 Å². The van der Waals surface area contributed by atoms with Crippen LogP contribution in [0.5, 0.6) is 0 Å². The van der Waals surface area contributed by atoms with Gasteiger partial charge in [0.15, 0.2) is 0 Å². The van der Waals surface area contributed by atoms with Gasteiger partial charge in [-0.25, -0.2) is 0 Å². The molecule has 0 aliphatic carbocycles. The minimum absolute atomic E-state index is 0.00891. The Balaban J connectivity index is 2.93. The van der Waals surface area contributed by atoms with Crippen LogP contribution < -0.4 is 10.6 Å². The van der Waals surface area contributed by atoms with Crippen molar-refractivity contribution in [2.24, 2.45) is 0 Å². The Morgan fingerprint density at radius 2 is 1.95 bits per heavy atom. The molecule has 0 heterocycles. The second kappa shape index (κ2) is 7.17. The molecule has 0 aromatic heterocycles. The molecule has 0 saturated carbocycles. The van der Waals surface area contributed by atoms with E-state index in [4.69, 9.17) is 0 Å². The highest BCUT2D eigenvalue weighted by Gasteiger charge is 2.25. The zero-order chi connectivity index (χ0) is 16.0. The van der Waals surface area contributed by atoms with Crippen LogP contribution in [0.4, 0.5) is 5.69 Å². The van der Waals surface area contributed by atoms with E-state index < -0.39 is 4.92 Å². The van der Waals surface area contributed by atoms with Gasteiger partial charge in [-0.3, -0.25) is 14.9 Å². The molecular weight excluding hydrogens is 270 g/mol. The molecule has 116 valence electrons. The Morgan fingerprint density at radius 3 is 2.48 bits per heavy atom. The van der Waals surface area contributed by atoms with Crippen LogP contribution in [0.1, 0.15) is 43.1 Å². The third-order valence-corrected chi connectivity index (χ3v) is 3.15. The van der Waals surface area contributed by atoms with Crippen molar-refractivity contribution in [3.63, 3.8) is 0 Å². The average molecular weight is 293 g/mol. The molecule has 6 nitrogen and oxygen atoms in total. The predicted octanol–water partition coefficient (Wildman–Crippen LogP) is 2.23. The normalized spacial score (nSPS) is 11.2. The maximum Gasteiger partial charge on any atom is 0.273 e. The molecule has 1 amide bonds. The van der Waals surface area contributed by atoms with Gasteiger partial charge in [0, 0.05) is 23.7 Å². The fraction of sp³-hybridized carbons (Fsp3) is 0.533. The Hall–Kier alpha value is -1.95. The van der Waals surface area contributed by atoms with Gasteiger partial charge in [-0.1, -0.05) is 26.8 Å². The number of nitrogens with zero attached hydrogens (tertiary/aromatic N) is 1. The van der Waals surface area contributed by atoms with Crippen molar-refractivity contribution in [3.8, 4) is 0 Å². The third-order valence-electron chi connectivity index (χ3n) is 3.15. The van der Waals surface area contributed by atoms with Gasteiger partial charge in [0.1, 0.15) is 0 Å². The van der Waals surface area contributed by atoms with Crippen LogP contribution in [0.25, 0.3) is 0 Å². The van der Waals surface area contributed by atoms with Gasteiger partial charge in [0.25, 0.3) is 11.6 Å². The molecule has 0 bridgehead atoms. The maximum atomic E-state index is 12.0. The van der Waals surface area contributed by atoms with E-state index in [0.717, 1.165) is 13.0 Å². The summed E-state index contributed by atoms with van der Waals surface area (Å²) < 4.78 is 0. The summed E-state index contributed by atoms with van der Waals surface area (Å²) in [5, 5.41) is 17.0. The van der Waals surface area contributed by atoms with Crippen LogP contribution in [-0.2, 0) is 5.41 Å². The molecule has 1 aromatic rings. The van der Waals surface area contributed by atoms with Crippen LogP contribution in [0, 0.1) is 10.1 Å². The number of hydrogen-bond acceptors (Lipinski definition) is 4. The van der Waals surface area contributed by atoms with Crippen molar-refractivity contribution < 1.29 is 9.72 Å². The van der Waals surface area contributed by atoms with Crippen molar-refractivity contribution in [2.75, 3.05) is 20.1 Å². The summed E-state index contributed by atoms with van der Waals surface area (Å²) in [4.78, 5) is 22.8. The van der Waals surface area contributed by atoms with Gasteiger partial charge < -0.3 is 10.6 Å². The fourth-order valence-corrected chi connectivity index (χ4v) is 2.03. The number of hydrogen-bond donors (Lipinski definition) is 2. The molecule has 0 aliphatic heterocycles. The number of carbonyl (C=O) groups is 1. The molecule has 0 aliphatic rings. The largest absolute Gasteiger partial charge is 0.352 e. The van der Waals surface area contributed by atoms with E-state index in [9.17, 15) is 14.9 Å². The Kier molecular flexibility index (Phi) is 5.84. The molecule has 0 saturated heterocycles. The second-order valence-electron chi connectivity index (χ2n) is 5.95. The summed E-state index contributed by atoms with van der Waals surface area (Å²) in [6, 6.07) is 4.66. The Labute approximate surface area is 125 Å². The highest BCUT2D eigenvalue weighted by atomic mass is 16.6. The van der Waals surface area contributed by atoms with Crippen molar-refractivity contribution in [2.45, 2.75) is 32.6 Å². The van der Waals surface area contributed by atoms with Crippen molar-refractivity contribution in [1.29, 1.82) is 0 Å². The van der Waals surface area contributed by atoms with E-state index in [1.165, 1.54) is 6.07 Å². The van der Waals surface area contributed by atoms with Crippen LogP contribution in [0.15, 0.2) is 18.2 Å². The molecule has 21 heavy (non-hydrogen) atoms. The number of carbonyl (C=O) groups excluding carboxylic acids is 1. The summed E-state index contributed by atoms with van der Waals surface area (Å²) in [5.41, 5.74) is 0.591. The van der Waals surface area contributed by atoms with Gasteiger partial charge >= 0.3 is 0 Å². The van der Waals surface area contributed by atoms with E-state index in [1.807, 2.05) is 27.8 Å². The molecule has 0 atom stereocenters. The molecule has 0 unspecified atom stereocenters. The number of rotatable bonds is 6. The van der Waals surface area contributed by atoms with Gasteiger partial charge in [0.2, 0.25) is 0 Å². The van der Waals surface area contributed by atoms with Crippen LogP contribution >= 0.6 is 0 Å². The number of benzene rings is 1. The molecule has 0 radical (unpaired) electrons. The number of nitro groups is 1. The monoisotopic (exact) mass is 293 g/mol. The predicted molar refractivity (Wildman–Crippen MR) is 82.7 cm³/mol. The number of nitro benzene ring substituents is 1. The van der Waals surface area contributed by atoms with Crippen molar-refractivity contribution in [1.82, 2.24) is 10.6 Å². The van der Waals surface area contributed by atoms with E-state index in [1.54, 1.807) is 12.1 Å². The first-order valence-electron chi connectivity index (χ1n) is 6.99. The quantitative estimate of drug-likeness (QED) is 0.478. The van der Waals surface area contributed by atoms with Crippen LogP contribution in [0.2, 0.25) is 0 Å². The summed E-state index contributed by atoms with van der Waals surface area (Å²) in [6.45, 7) is 7.07. The van der Waals surface area contributed by atoms with Gasteiger partial charge in [-0.15, -0.1) is 0 Å². The summed E-state index contributed by atoms with van der Waals surface area (Å²) in [7, 11) is 1.84. The molecule has 0 fully saturated rings. The highest BCUT2D eigenvalue weighted by molar-refractivity contribution is 5.95. The minimum Gasteiger partial charge on any atom is -0.352 e. The third kappa shape index (κ3) is 4.82. The Bertz CT molecular complexity index is 521. The lowest BCUT2D eigenvalue weighted by Crippen LogP contribution is -2.27. The number of nitrogens with one attached hydrogen (secondary N) is 2. The first-order chi connectivity index (χ1) is 9.77.